The molecule has 0 heterocycles. The lowest BCUT2D eigenvalue weighted by Crippen LogP contribution is -2.40. The summed E-state index contributed by atoms with van der Waals surface area (Å²) in [4.78, 5) is 0. The Morgan fingerprint density at radius 1 is 1.29 bits per heavy atom. The normalized spacial score (nSPS) is 40.7. The van der Waals surface area contributed by atoms with Crippen LogP contribution in [0.1, 0.15) is 46.0 Å². The van der Waals surface area contributed by atoms with Gasteiger partial charge in [-0.25, -0.2) is 0 Å². The van der Waals surface area contributed by atoms with E-state index in [2.05, 4.69) is 26.0 Å². The number of aliphatic hydroxyl groups excluding tert-OH is 1. The van der Waals surface area contributed by atoms with E-state index in [9.17, 15) is 5.11 Å². The van der Waals surface area contributed by atoms with E-state index in [1.54, 1.807) is 11.1 Å². The molecule has 3 rings (SSSR count). The maximum absolute atomic E-state index is 9.67. The molecule has 0 aliphatic heterocycles. The summed E-state index contributed by atoms with van der Waals surface area (Å²) in [5.74, 6) is 1.72. The summed E-state index contributed by atoms with van der Waals surface area (Å²) in [7, 11) is 0. The number of rotatable bonds is 0. The Labute approximate surface area is 104 Å². The topological polar surface area (TPSA) is 20.2 Å². The fourth-order valence-electron chi connectivity index (χ4n) is 4.19. The van der Waals surface area contributed by atoms with E-state index >= 15 is 0 Å². The highest BCUT2D eigenvalue weighted by Crippen LogP contribution is 2.55. The van der Waals surface area contributed by atoms with Crippen LogP contribution in [0.15, 0.2) is 35.1 Å². The first-order valence-corrected chi connectivity index (χ1v) is 6.90. The van der Waals surface area contributed by atoms with E-state index in [4.69, 9.17) is 0 Å². The quantitative estimate of drug-likeness (QED) is 0.606. The second kappa shape index (κ2) is 3.76. The van der Waals surface area contributed by atoms with Crippen molar-refractivity contribution >= 4 is 0 Å². The van der Waals surface area contributed by atoms with Crippen molar-refractivity contribution in [3.8, 4) is 0 Å². The Hall–Kier alpha value is -0.980. The molecule has 3 unspecified atom stereocenters. The summed E-state index contributed by atoms with van der Waals surface area (Å²) in [5.41, 5.74) is 3.63. The van der Waals surface area contributed by atoms with Gasteiger partial charge in [0.15, 0.2) is 0 Å². The maximum Gasteiger partial charge on any atom is 0.111 e. The lowest BCUT2D eigenvalue weighted by Gasteiger charge is -2.49. The van der Waals surface area contributed by atoms with Gasteiger partial charge >= 0.3 is 0 Å². The molecule has 17 heavy (non-hydrogen) atoms. The molecule has 0 saturated heterocycles. The molecular weight excluding hydrogens is 208 g/mol. The van der Waals surface area contributed by atoms with Crippen molar-refractivity contribution in [2.24, 2.45) is 17.3 Å². The average molecular weight is 230 g/mol. The first kappa shape index (κ1) is 11.1. The number of hydrogen-bond donors (Lipinski definition) is 1. The van der Waals surface area contributed by atoms with E-state index in [1.165, 1.54) is 32.1 Å². The van der Waals surface area contributed by atoms with Crippen molar-refractivity contribution in [3.05, 3.63) is 35.1 Å². The highest BCUT2D eigenvalue weighted by molar-refractivity contribution is 5.33. The van der Waals surface area contributed by atoms with Crippen LogP contribution < -0.4 is 0 Å². The molecule has 0 amide bonds. The monoisotopic (exact) mass is 230 g/mol. The van der Waals surface area contributed by atoms with Gasteiger partial charge in [-0.15, -0.1) is 0 Å². The number of hydrogen-bond acceptors (Lipinski definition) is 1. The number of allylic oxidation sites excluding steroid dienone is 5. The zero-order valence-electron chi connectivity index (χ0n) is 10.9. The standard InChI is InChI=1S/C16H22O/c1-11-4-3-5-15-14(11)7-6-12-10-13(17)8-9-16(12,15)2/h8-10,12,15,17H,3-7H2,1-2H3. The molecule has 92 valence electrons. The summed E-state index contributed by atoms with van der Waals surface area (Å²) < 4.78 is 0. The Balaban J connectivity index is 2.02. The van der Waals surface area contributed by atoms with E-state index in [1.807, 2.05) is 6.08 Å². The van der Waals surface area contributed by atoms with E-state index in [0.29, 0.717) is 11.7 Å². The van der Waals surface area contributed by atoms with Crippen LogP contribution in [-0.4, -0.2) is 5.11 Å². The molecule has 1 fully saturated rings. The van der Waals surface area contributed by atoms with Gasteiger partial charge in [0.25, 0.3) is 0 Å². The molecule has 0 spiro atoms. The van der Waals surface area contributed by atoms with Gasteiger partial charge in [0.2, 0.25) is 0 Å². The first-order chi connectivity index (χ1) is 8.11. The Morgan fingerprint density at radius 2 is 2.12 bits per heavy atom. The summed E-state index contributed by atoms with van der Waals surface area (Å²) in [5, 5.41) is 9.67. The molecule has 0 aromatic rings. The highest BCUT2D eigenvalue weighted by Gasteiger charge is 2.45. The third-order valence-electron chi connectivity index (χ3n) is 5.27. The molecular formula is C16H22O. The molecule has 1 nitrogen and oxygen atoms in total. The second-order valence-electron chi connectivity index (χ2n) is 6.19. The molecule has 3 aliphatic rings. The molecule has 0 aromatic carbocycles. The second-order valence-corrected chi connectivity index (χ2v) is 6.19. The van der Waals surface area contributed by atoms with Crippen LogP contribution in [-0.2, 0) is 0 Å². The third-order valence-corrected chi connectivity index (χ3v) is 5.27. The molecule has 1 N–H and O–H groups in total. The number of aliphatic hydroxyl groups is 1. The van der Waals surface area contributed by atoms with Crippen LogP contribution in [0.3, 0.4) is 0 Å². The van der Waals surface area contributed by atoms with E-state index in [0.717, 1.165) is 5.92 Å². The molecule has 0 radical (unpaired) electrons. The van der Waals surface area contributed by atoms with Gasteiger partial charge in [0.05, 0.1) is 0 Å². The van der Waals surface area contributed by atoms with Gasteiger partial charge in [-0.2, -0.15) is 0 Å². The minimum Gasteiger partial charge on any atom is -0.508 e. The van der Waals surface area contributed by atoms with Crippen LogP contribution in [0.2, 0.25) is 0 Å². The average Bonchev–Trinajstić information content (AvgIpc) is 2.31. The summed E-state index contributed by atoms with van der Waals surface area (Å²) in [6.07, 6.45) is 12.7. The smallest absolute Gasteiger partial charge is 0.111 e. The SMILES string of the molecule is CC1=C2CCC3C=C(O)C=CC3(C)C2CCC1. The van der Waals surface area contributed by atoms with Crippen molar-refractivity contribution in [2.75, 3.05) is 0 Å². The summed E-state index contributed by atoms with van der Waals surface area (Å²) >= 11 is 0. The maximum atomic E-state index is 9.67. The third kappa shape index (κ3) is 1.59. The van der Waals surface area contributed by atoms with E-state index < -0.39 is 0 Å². The summed E-state index contributed by atoms with van der Waals surface area (Å²) in [6, 6.07) is 0. The van der Waals surface area contributed by atoms with Gasteiger partial charge in [0.1, 0.15) is 5.76 Å². The predicted molar refractivity (Wildman–Crippen MR) is 70.7 cm³/mol. The number of fused-ring (bicyclic) bond motifs is 3. The molecule has 0 aromatic heterocycles. The van der Waals surface area contributed by atoms with Gasteiger partial charge in [-0.3, -0.25) is 0 Å². The molecule has 0 bridgehead atoms. The Bertz CT molecular complexity index is 427. The first-order valence-electron chi connectivity index (χ1n) is 6.90. The van der Waals surface area contributed by atoms with Gasteiger partial charge in [-0.05, 0) is 68.4 Å². The van der Waals surface area contributed by atoms with Crippen molar-refractivity contribution in [3.63, 3.8) is 0 Å². The van der Waals surface area contributed by atoms with Crippen molar-refractivity contribution in [2.45, 2.75) is 46.0 Å². The van der Waals surface area contributed by atoms with E-state index in [-0.39, 0.29) is 5.41 Å². The molecule has 1 heteroatoms. The van der Waals surface area contributed by atoms with Crippen LogP contribution >= 0.6 is 0 Å². The fraction of sp³-hybridized carbons (Fsp3) is 0.625. The van der Waals surface area contributed by atoms with Gasteiger partial charge in [0, 0.05) is 0 Å². The predicted octanol–water partition coefficient (Wildman–Crippen LogP) is 4.53. The molecule has 3 aliphatic carbocycles. The zero-order chi connectivity index (χ0) is 12.0. The van der Waals surface area contributed by atoms with Gasteiger partial charge in [-0.1, -0.05) is 24.1 Å². The van der Waals surface area contributed by atoms with Crippen molar-refractivity contribution in [1.82, 2.24) is 0 Å². The highest BCUT2D eigenvalue weighted by atomic mass is 16.3. The van der Waals surface area contributed by atoms with Crippen LogP contribution in [0.25, 0.3) is 0 Å². The van der Waals surface area contributed by atoms with Gasteiger partial charge < -0.3 is 5.11 Å². The molecule has 3 atom stereocenters. The van der Waals surface area contributed by atoms with Crippen molar-refractivity contribution < 1.29 is 5.11 Å². The minimum atomic E-state index is 0.251. The zero-order valence-corrected chi connectivity index (χ0v) is 10.9. The summed E-state index contributed by atoms with van der Waals surface area (Å²) in [6.45, 7) is 4.71. The lowest BCUT2D eigenvalue weighted by molar-refractivity contribution is 0.143. The largest absolute Gasteiger partial charge is 0.508 e. The van der Waals surface area contributed by atoms with Crippen LogP contribution in [0.4, 0.5) is 0 Å². The minimum absolute atomic E-state index is 0.251. The lowest BCUT2D eigenvalue weighted by atomic mass is 9.55. The van der Waals surface area contributed by atoms with Crippen LogP contribution in [0, 0.1) is 17.3 Å². The Kier molecular flexibility index (Phi) is 2.46. The molecule has 1 saturated carbocycles. The van der Waals surface area contributed by atoms with Crippen molar-refractivity contribution in [1.29, 1.82) is 0 Å². The Morgan fingerprint density at radius 3 is 2.94 bits per heavy atom. The van der Waals surface area contributed by atoms with Crippen LogP contribution in [0.5, 0.6) is 0 Å². The fourth-order valence-corrected chi connectivity index (χ4v) is 4.19.